The first-order valence-corrected chi connectivity index (χ1v) is 10.8. The lowest BCUT2D eigenvalue weighted by Gasteiger charge is -2.44. The van der Waals surface area contributed by atoms with Gasteiger partial charge in [0.25, 0.3) is 0 Å². The average Bonchev–Trinajstić information content (AvgIpc) is 2.60. The van der Waals surface area contributed by atoms with Gasteiger partial charge in [0.2, 0.25) is 5.95 Å². The van der Waals surface area contributed by atoms with Gasteiger partial charge in [-0.25, -0.2) is 18.4 Å². The van der Waals surface area contributed by atoms with Crippen molar-refractivity contribution in [2.45, 2.75) is 37.1 Å². The van der Waals surface area contributed by atoms with Crippen LogP contribution in [0, 0.1) is 6.92 Å². The van der Waals surface area contributed by atoms with Crippen LogP contribution in [-0.2, 0) is 9.84 Å². The Bertz CT molecular complexity index is 913. The molecule has 25 heavy (non-hydrogen) atoms. The zero-order valence-electron chi connectivity index (χ0n) is 14.8. The number of rotatable bonds is 2. The number of aryl methyl sites for hydroxylation is 1. The molecule has 1 atom stereocenters. The number of hydrogen-bond acceptors (Lipinski definition) is 6. The average molecular weight is 360 g/mol. The Kier molecular flexibility index (Phi) is 4.16. The van der Waals surface area contributed by atoms with Crippen LogP contribution in [0.2, 0.25) is 0 Å². The molecule has 1 aromatic carbocycles. The van der Waals surface area contributed by atoms with Gasteiger partial charge in [-0.05, 0) is 44.5 Å². The topological polar surface area (TPSA) is 66.4 Å². The lowest BCUT2D eigenvalue weighted by molar-refractivity contribution is 0.133. The lowest BCUT2D eigenvalue weighted by Crippen LogP contribution is -2.55. The van der Waals surface area contributed by atoms with Crippen LogP contribution < -0.4 is 4.90 Å². The van der Waals surface area contributed by atoms with Crippen LogP contribution in [0.5, 0.6) is 0 Å². The number of fused-ring (bicyclic) bond motifs is 2. The third-order valence-electron chi connectivity index (χ3n) is 5.40. The Labute approximate surface area is 148 Å². The first kappa shape index (κ1) is 16.7. The number of piperidine rings is 1. The number of anilines is 1. The third kappa shape index (κ3) is 3.22. The number of piperazine rings is 1. The normalized spacial score (nSPS) is 22.2. The maximum atomic E-state index is 11.8. The minimum atomic E-state index is -3.24. The molecular formula is C18H24N4O2S. The van der Waals surface area contributed by atoms with Gasteiger partial charge < -0.3 is 4.90 Å². The molecule has 0 N–H and O–H groups in total. The van der Waals surface area contributed by atoms with Crippen LogP contribution in [0.4, 0.5) is 5.95 Å². The van der Waals surface area contributed by atoms with Crippen molar-refractivity contribution in [2.75, 3.05) is 37.3 Å². The molecule has 0 unspecified atom stereocenters. The molecule has 0 amide bonds. The Balaban J connectivity index is 1.70. The minimum absolute atomic E-state index is 0.307. The van der Waals surface area contributed by atoms with E-state index in [0.29, 0.717) is 16.5 Å². The van der Waals surface area contributed by atoms with Gasteiger partial charge in [0.15, 0.2) is 9.84 Å². The molecule has 4 rings (SSSR count). The summed E-state index contributed by atoms with van der Waals surface area (Å²) in [5.41, 5.74) is 1.60. The molecule has 2 aliphatic rings. The summed E-state index contributed by atoms with van der Waals surface area (Å²) in [6.07, 6.45) is 5.06. The highest BCUT2D eigenvalue weighted by Crippen LogP contribution is 2.26. The van der Waals surface area contributed by atoms with E-state index >= 15 is 0 Å². The van der Waals surface area contributed by atoms with E-state index in [-0.39, 0.29) is 0 Å². The second kappa shape index (κ2) is 6.21. The van der Waals surface area contributed by atoms with Crippen LogP contribution in [0.3, 0.4) is 0 Å². The summed E-state index contributed by atoms with van der Waals surface area (Å²) >= 11 is 0. The minimum Gasteiger partial charge on any atom is -0.338 e. The molecule has 1 aromatic heterocycles. The second-order valence-electron chi connectivity index (χ2n) is 7.19. The fraction of sp³-hybridized carbons (Fsp3) is 0.556. The highest BCUT2D eigenvalue weighted by molar-refractivity contribution is 7.90. The van der Waals surface area contributed by atoms with Gasteiger partial charge >= 0.3 is 0 Å². The van der Waals surface area contributed by atoms with Crippen LogP contribution in [-0.4, -0.2) is 61.8 Å². The molecule has 7 heteroatoms. The van der Waals surface area contributed by atoms with Gasteiger partial charge in [-0.15, -0.1) is 0 Å². The highest BCUT2D eigenvalue weighted by atomic mass is 32.2. The van der Waals surface area contributed by atoms with Gasteiger partial charge in [0, 0.05) is 37.3 Å². The highest BCUT2D eigenvalue weighted by Gasteiger charge is 2.30. The van der Waals surface area contributed by atoms with Crippen LogP contribution in [0.25, 0.3) is 10.9 Å². The van der Waals surface area contributed by atoms with E-state index in [1.165, 1.54) is 32.1 Å². The van der Waals surface area contributed by atoms with Crippen molar-refractivity contribution in [1.29, 1.82) is 0 Å². The number of aromatic nitrogens is 2. The molecule has 0 spiro atoms. The Morgan fingerprint density at radius 3 is 2.76 bits per heavy atom. The summed E-state index contributed by atoms with van der Waals surface area (Å²) in [6, 6.07) is 5.70. The molecule has 3 heterocycles. The predicted molar refractivity (Wildman–Crippen MR) is 98.8 cm³/mol. The van der Waals surface area contributed by atoms with Gasteiger partial charge in [-0.3, -0.25) is 4.90 Å². The fourth-order valence-corrected chi connectivity index (χ4v) is 4.60. The molecule has 0 saturated carbocycles. The van der Waals surface area contributed by atoms with E-state index in [2.05, 4.69) is 9.80 Å². The van der Waals surface area contributed by atoms with E-state index in [1.807, 2.05) is 13.0 Å². The number of hydrogen-bond donors (Lipinski definition) is 0. The third-order valence-corrected chi connectivity index (χ3v) is 6.51. The SMILES string of the molecule is Cc1nc(N2CCN3CCCC[C@@H]3C2)nc2cc(S(C)(=O)=O)ccc12. The first-order chi connectivity index (χ1) is 11.9. The largest absolute Gasteiger partial charge is 0.338 e. The smallest absolute Gasteiger partial charge is 0.226 e. The number of nitrogens with zero attached hydrogens (tertiary/aromatic N) is 4. The van der Waals surface area contributed by atoms with E-state index in [9.17, 15) is 8.42 Å². The molecule has 0 aliphatic carbocycles. The summed E-state index contributed by atoms with van der Waals surface area (Å²) in [5, 5.41) is 0.910. The summed E-state index contributed by atoms with van der Waals surface area (Å²) in [7, 11) is -3.24. The summed E-state index contributed by atoms with van der Waals surface area (Å²) in [6.45, 7) is 6.09. The van der Waals surface area contributed by atoms with Crippen molar-refractivity contribution in [1.82, 2.24) is 14.9 Å². The van der Waals surface area contributed by atoms with Crippen molar-refractivity contribution in [2.24, 2.45) is 0 Å². The van der Waals surface area contributed by atoms with E-state index in [4.69, 9.17) is 9.97 Å². The quantitative estimate of drug-likeness (QED) is 0.816. The van der Waals surface area contributed by atoms with E-state index in [0.717, 1.165) is 36.7 Å². The van der Waals surface area contributed by atoms with Crippen LogP contribution in [0.15, 0.2) is 23.1 Å². The van der Waals surface area contributed by atoms with Gasteiger partial charge in [0.05, 0.1) is 16.1 Å². The predicted octanol–water partition coefficient (Wildman–Crippen LogP) is 2.02. The summed E-state index contributed by atoms with van der Waals surface area (Å²) < 4.78 is 23.7. The molecule has 2 fully saturated rings. The zero-order valence-corrected chi connectivity index (χ0v) is 15.6. The number of sulfone groups is 1. The maximum absolute atomic E-state index is 11.8. The number of benzene rings is 1. The fourth-order valence-electron chi connectivity index (χ4n) is 3.96. The van der Waals surface area contributed by atoms with Crippen molar-refractivity contribution in [3.05, 3.63) is 23.9 Å². The first-order valence-electron chi connectivity index (χ1n) is 8.89. The van der Waals surface area contributed by atoms with Crippen molar-refractivity contribution < 1.29 is 8.42 Å². The van der Waals surface area contributed by atoms with Crippen molar-refractivity contribution >= 4 is 26.7 Å². The summed E-state index contributed by atoms with van der Waals surface area (Å²) in [4.78, 5) is 14.5. The van der Waals surface area contributed by atoms with Gasteiger partial charge in [-0.2, -0.15) is 0 Å². The molecule has 6 nitrogen and oxygen atoms in total. The zero-order chi connectivity index (χ0) is 17.6. The van der Waals surface area contributed by atoms with Crippen molar-refractivity contribution in [3.63, 3.8) is 0 Å². The molecule has 0 bridgehead atoms. The molecule has 2 aromatic rings. The molecule has 0 radical (unpaired) electrons. The van der Waals surface area contributed by atoms with Crippen molar-refractivity contribution in [3.8, 4) is 0 Å². The molecule has 2 saturated heterocycles. The Morgan fingerprint density at radius 2 is 1.96 bits per heavy atom. The summed E-state index contributed by atoms with van der Waals surface area (Å²) in [5.74, 6) is 0.723. The Morgan fingerprint density at radius 1 is 1.12 bits per heavy atom. The molecular weight excluding hydrogens is 336 g/mol. The van der Waals surface area contributed by atoms with Gasteiger partial charge in [0.1, 0.15) is 0 Å². The van der Waals surface area contributed by atoms with Crippen LogP contribution >= 0.6 is 0 Å². The maximum Gasteiger partial charge on any atom is 0.226 e. The van der Waals surface area contributed by atoms with Crippen LogP contribution in [0.1, 0.15) is 25.0 Å². The monoisotopic (exact) mass is 360 g/mol. The van der Waals surface area contributed by atoms with E-state index < -0.39 is 9.84 Å². The lowest BCUT2D eigenvalue weighted by atomic mass is 10.00. The van der Waals surface area contributed by atoms with E-state index in [1.54, 1.807) is 12.1 Å². The second-order valence-corrected chi connectivity index (χ2v) is 9.21. The molecule has 2 aliphatic heterocycles. The Hall–Kier alpha value is -1.73. The standard InChI is InChI=1S/C18H24N4O2S/c1-13-16-7-6-15(25(2,23)24)11-17(16)20-18(19-13)22-10-9-21-8-4-3-5-14(21)12-22/h6-7,11,14H,3-5,8-10,12H2,1-2H3/t14-/m1/s1. The molecule has 134 valence electrons. The van der Waals surface area contributed by atoms with Gasteiger partial charge in [-0.1, -0.05) is 6.42 Å².